The first-order chi connectivity index (χ1) is 6.24. The summed E-state index contributed by atoms with van der Waals surface area (Å²) in [6, 6.07) is 9.03. The Hall–Kier alpha value is -1.88. The zero-order valence-corrected chi connectivity index (χ0v) is 7.32. The van der Waals surface area contributed by atoms with E-state index in [1.54, 1.807) is 18.2 Å². The number of benzene rings is 1. The van der Waals surface area contributed by atoms with Gasteiger partial charge < -0.3 is 0 Å². The Morgan fingerprint density at radius 1 is 1.38 bits per heavy atom. The summed E-state index contributed by atoms with van der Waals surface area (Å²) in [6.45, 7) is 1.53. The molecule has 0 bridgehead atoms. The van der Waals surface area contributed by atoms with Crippen LogP contribution in [0.15, 0.2) is 30.3 Å². The molecule has 2 nitrogen and oxygen atoms in total. The van der Waals surface area contributed by atoms with Crippen molar-refractivity contribution in [3.8, 4) is 6.07 Å². The predicted molar refractivity (Wildman–Crippen MR) is 51.1 cm³/mol. The summed E-state index contributed by atoms with van der Waals surface area (Å²) in [5.41, 5.74) is 1.61. The van der Waals surface area contributed by atoms with Crippen LogP contribution < -0.4 is 0 Å². The molecule has 64 valence electrons. The average molecular weight is 171 g/mol. The monoisotopic (exact) mass is 171 g/mol. The van der Waals surface area contributed by atoms with Crippen molar-refractivity contribution in [3.05, 3.63) is 41.5 Å². The van der Waals surface area contributed by atoms with Gasteiger partial charge in [0.05, 0.1) is 6.07 Å². The summed E-state index contributed by atoms with van der Waals surface area (Å²) in [4.78, 5) is 10.9. The molecule has 0 atom stereocenters. The SMILES string of the molecule is CC(=O)c1ccc(C=CC#N)cc1. The van der Waals surface area contributed by atoms with Gasteiger partial charge in [0.1, 0.15) is 0 Å². The quantitative estimate of drug-likeness (QED) is 0.506. The van der Waals surface area contributed by atoms with Crippen LogP contribution in [0.4, 0.5) is 0 Å². The molecule has 0 aliphatic carbocycles. The lowest BCUT2D eigenvalue weighted by Gasteiger charge is -1.95. The van der Waals surface area contributed by atoms with Crippen molar-refractivity contribution in [3.63, 3.8) is 0 Å². The van der Waals surface area contributed by atoms with E-state index in [-0.39, 0.29) is 5.78 Å². The van der Waals surface area contributed by atoms with Crippen molar-refractivity contribution in [1.29, 1.82) is 5.26 Å². The van der Waals surface area contributed by atoms with E-state index in [1.807, 2.05) is 18.2 Å². The Morgan fingerprint density at radius 3 is 2.46 bits per heavy atom. The standard InChI is InChI=1S/C11H9NO/c1-9(13)11-6-4-10(5-7-11)3-2-8-12/h2-7H,1H3. The lowest BCUT2D eigenvalue weighted by Crippen LogP contribution is -1.90. The maximum absolute atomic E-state index is 10.9. The summed E-state index contributed by atoms with van der Waals surface area (Å²) in [5.74, 6) is 0.0517. The number of Topliss-reactive ketones (excluding diaryl/α,β-unsaturated/α-hetero) is 1. The molecule has 2 heteroatoms. The van der Waals surface area contributed by atoms with E-state index in [9.17, 15) is 4.79 Å². The van der Waals surface area contributed by atoms with Gasteiger partial charge in [-0.05, 0) is 18.6 Å². The van der Waals surface area contributed by atoms with Crippen molar-refractivity contribution in [2.75, 3.05) is 0 Å². The molecule has 0 aliphatic rings. The number of carbonyl (C=O) groups excluding carboxylic acids is 1. The highest BCUT2D eigenvalue weighted by Crippen LogP contribution is 2.06. The summed E-state index contributed by atoms with van der Waals surface area (Å²) in [6.07, 6.45) is 3.10. The largest absolute Gasteiger partial charge is 0.295 e. The molecule has 0 radical (unpaired) electrons. The lowest BCUT2D eigenvalue weighted by atomic mass is 10.1. The molecule has 0 aromatic heterocycles. The van der Waals surface area contributed by atoms with Crippen LogP contribution in [0.25, 0.3) is 6.08 Å². The molecular formula is C11H9NO. The van der Waals surface area contributed by atoms with Gasteiger partial charge in [0.15, 0.2) is 5.78 Å². The topological polar surface area (TPSA) is 40.9 Å². The molecule has 13 heavy (non-hydrogen) atoms. The Labute approximate surface area is 77.1 Å². The van der Waals surface area contributed by atoms with E-state index in [1.165, 1.54) is 13.0 Å². The van der Waals surface area contributed by atoms with Crippen LogP contribution >= 0.6 is 0 Å². The molecule has 0 unspecified atom stereocenters. The summed E-state index contributed by atoms with van der Waals surface area (Å²) < 4.78 is 0. The molecular weight excluding hydrogens is 162 g/mol. The van der Waals surface area contributed by atoms with Crippen LogP contribution in [-0.4, -0.2) is 5.78 Å². The minimum Gasteiger partial charge on any atom is -0.295 e. The molecule has 0 fully saturated rings. The van der Waals surface area contributed by atoms with Crippen molar-refractivity contribution in [2.24, 2.45) is 0 Å². The number of nitriles is 1. The number of carbonyl (C=O) groups is 1. The normalized spacial score (nSPS) is 9.85. The highest BCUT2D eigenvalue weighted by molar-refractivity contribution is 5.94. The summed E-state index contributed by atoms with van der Waals surface area (Å²) in [5, 5.41) is 8.28. The number of hydrogen-bond donors (Lipinski definition) is 0. The zero-order chi connectivity index (χ0) is 9.68. The van der Waals surface area contributed by atoms with Gasteiger partial charge in [0.2, 0.25) is 0 Å². The van der Waals surface area contributed by atoms with E-state index in [0.29, 0.717) is 5.56 Å². The Kier molecular flexibility index (Phi) is 2.99. The second kappa shape index (κ2) is 4.22. The van der Waals surface area contributed by atoms with Gasteiger partial charge in [-0.25, -0.2) is 0 Å². The first kappa shape index (κ1) is 9.21. The van der Waals surface area contributed by atoms with Crippen molar-refractivity contribution in [1.82, 2.24) is 0 Å². The van der Waals surface area contributed by atoms with E-state index in [0.717, 1.165) is 5.56 Å². The first-order valence-electron chi connectivity index (χ1n) is 3.91. The number of rotatable bonds is 2. The molecule has 0 saturated carbocycles. The van der Waals surface area contributed by atoms with Gasteiger partial charge in [-0.3, -0.25) is 4.79 Å². The molecule has 0 amide bonds. The maximum Gasteiger partial charge on any atom is 0.159 e. The zero-order valence-electron chi connectivity index (χ0n) is 7.32. The third-order valence-electron chi connectivity index (χ3n) is 1.67. The molecule has 0 aliphatic heterocycles. The average Bonchev–Trinajstić information content (AvgIpc) is 2.15. The van der Waals surface area contributed by atoms with Crippen LogP contribution in [0.3, 0.4) is 0 Å². The molecule has 1 aromatic carbocycles. The Morgan fingerprint density at radius 2 is 2.00 bits per heavy atom. The van der Waals surface area contributed by atoms with Crippen LogP contribution in [-0.2, 0) is 0 Å². The lowest BCUT2D eigenvalue weighted by molar-refractivity contribution is 0.101. The highest BCUT2D eigenvalue weighted by Gasteiger charge is 1.96. The van der Waals surface area contributed by atoms with E-state index >= 15 is 0 Å². The Bertz CT molecular complexity index is 368. The van der Waals surface area contributed by atoms with Crippen LogP contribution in [0.1, 0.15) is 22.8 Å². The van der Waals surface area contributed by atoms with Crippen LogP contribution in [0.2, 0.25) is 0 Å². The van der Waals surface area contributed by atoms with Crippen LogP contribution in [0.5, 0.6) is 0 Å². The van der Waals surface area contributed by atoms with Crippen molar-refractivity contribution >= 4 is 11.9 Å². The first-order valence-corrected chi connectivity index (χ1v) is 3.91. The highest BCUT2D eigenvalue weighted by atomic mass is 16.1. The molecule has 0 saturated heterocycles. The third-order valence-corrected chi connectivity index (χ3v) is 1.67. The fraction of sp³-hybridized carbons (Fsp3) is 0.0909. The smallest absolute Gasteiger partial charge is 0.159 e. The fourth-order valence-electron chi connectivity index (χ4n) is 0.962. The fourth-order valence-corrected chi connectivity index (χ4v) is 0.962. The van der Waals surface area contributed by atoms with Gasteiger partial charge in [-0.15, -0.1) is 0 Å². The molecule has 1 rings (SSSR count). The Balaban J connectivity index is 2.89. The molecule has 0 spiro atoms. The second-order valence-electron chi connectivity index (χ2n) is 2.64. The number of nitrogens with zero attached hydrogens (tertiary/aromatic N) is 1. The molecule has 0 heterocycles. The second-order valence-corrected chi connectivity index (χ2v) is 2.64. The van der Waals surface area contributed by atoms with Gasteiger partial charge >= 0.3 is 0 Å². The summed E-state index contributed by atoms with van der Waals surface area (Å²) >= 11 is 0. The van der Waals surface area contributed by atoms with Gasteiger partial charge in [0, 0.05) is 11.6 Å². The number of hydrogen-bond acceptors (Lipinski definition) is 2. The van der Waals surface area contributed by atoms with E-state index < -0.39 is 0 Å². The predicted octanol–water partition coefficient (Wildman–Crippen LogP) is 2.43. The summed E-state index contributed by atoms with van der Waals surface area (Å²) in [7, 11) is 0. The van der Waals surface area contributed by atoms with E-state index in [2.05, 4.69) is 0 Å². The van der Waals surface area contributed by atoms with E-state index in [4.69, 9.17) is 5.26 Å². The number of allylic oxidation sites excluding steroid dienone is 1. The minimum absolute atomic E-state index is 0.0517. The van der Waals surface area contributed by atoms with Gasteiger partial charge in [-0.2, -0.15) is 5.26 Å². The van der Waals surface area contributed by atoms with Gasteiger partial charge in [-0.1, -0.05) is 24.3 Å². The van der Waals surface area contributed by atoms with Crippen molar-refractivity contribution in [2.45, 2.75) is 6.92 Å². The minimum atomic E-state index is 0.0517. The van der Waals surface area contributed by atoms with Crippen molar-refractivity contribution < 1.29 is 4.79 Å². The van der Waals surface area contributed by atoms with Crippen LogP contribution in [0, 0.1) is 11.3 Å². The number of ketones is 1. The third kappa shape index (κ3) is 2.57. The van der Waals surface area contributed by atoms with Gasteiger partial charge in [0.25, 0.3) is 0 Å². The molecule has 1 aromatic rings. The molecule has 0 N–H and O–H groups in total. The maximum atomic E-state index is 10.9.